The van der Waals surface area contributed by atoms with Crippen LogP contribution in [-0.4, -0.2) is 52.3 Å². The van der Waals surface area contributed by atoms with Crippen molar-refractivity contribution in [3.8, 4) is 0 Å². The lowest BCUT2D eigenvalue weighted by Crippen LogP contribution is -2.38. The summed E-state index contributed by atoms with van der Waals surface area (Å²) in [7, 11) is 7.27. The van der Waals surface area contributed by atoms with Crippen LogP contribution in [0.15, 0.2) is 4.99 Å². The topological polar surface area (TPSA) is 36.9 Å². The number of likely N-dealkylation sites (N-methyl/N-ethyl adjacent to an activating group) is 1. The number of guanidine groups is 1. The molecule has 0 rings (SSSR count). The van der Waals surface area contributed by atoms with Gasteiger partial charge in [0.15, 0.2) is 5.96 Å². The van der Waals surface area contributed by atoms with Crippen molar-refractivity contribution in [1.29, 1.82) is 0 Å². The largest absolute Gasteiger partial charge is 0.383 e. The Balaban J connectivity index is 3.70. The van der Waals surface area contributed by atoms with Crippen molar-refractivity contribution in [2.75, 3.05) is 41.4 Å². The van der Waals surface area contributed by atoms with Gasteiger partial charge in [0.2, 0.25) is 0 Å². The zero-order valence-corrected chi connectivity index (χ0v) is 7.72. The molecule has 0 saturated heterocycles. The summed E-state index contributed by atoms with van der Waals surface area (Å²) in [6.45, 7) is 1.57. The zero-order chi connectivity index (χ0) is 8.69. The first-order chi connectivity index (χ1) is 5.26. The third-order valence-corrected chi connectivity index (χ3v) is 1.43. The second-order valence-corrected chi connectivity index (χ2v) is 2.21. The van der Waals surface area contributed by atoms with Gasteiger partial charge in [-0.25, -0.2) is 0 Å². The van der Waals surface area contributed by atoms with Gasteiger partial charge < -0.3 is 15.0 Å². The minimum atomic E-state index is 0.719. The predicted molar refractivity (Wildman–Crippen MR) is 46.9 cm³/mol. The Kier molecular flexibility index (Phi) is 5.56. The van der Waals surface area contributed by atoms with Gasteiger partial charge in [-0.1, -0.05) is 0 Å². The number of nitrogens with zero attached hydrogens (tertiary/aromatic N) is 2. The number of aliphatic imine (C=N–C) groups is 1. The average Bonchev–Trinajstić information content (AvgIpc) is 2.03. The normalized spacial score (nSPS) is 11.5. The Hall–Kier alpha value is -0.770. The van der Waals surface area contributed by atoms with Gasteiger partial charge in [0.1, 0.15) is 0 Å². The highest BCUT2D eigenvalue weighted by Crippen LogP contribution is 1.83. The Labute approximate surface area is 68.2 Å². The first kappa shape index (κ1) is 10.2. The second-order valence-electron chi connectivity index (χ2n) is 2.21. The van der Waals surface area contributed by atoms with Crippen molar-refractivity contribution < 1.29 is 4.74 Å². The van der Waals surface area contributed by atoms with Gasteiger partial charge in [-0.15, -0.1) is 0 Å². The van der Waals surface area contributed by atoms with Crippen LogP contribution in [-0.2, 0) is 4.74 Å². The first-order valence-electron chi connectivity index (χ1n) is 3.60. The van der Waals surface area contributed by atoms with Crippen molar-refractivity contribution in [2.45, 2.75) is 0 Å². The molecule has 11 heavy (non-hydrogen) atoms. The molecule has 0 radical (unpaired) electrons. The van der Waals surface area contributed by atoms with Gasteiger partial charge in [0.25, 0.3) is 0 Å². The number of nitrogens with one attached hydrogen (secondary N) is 1. The molecule has 0 aromatic heterocycles. The van der Waals surface area contributed by atoms with Gasteiger partial charge in [0, 0.05) is 34.8 Å². The summed E-state index contributed by atoms with van der Waals surface area (Å²) in [4.78, 5) is 6.04. The Morgan fingerprint density at radius 3 is 2.64 bits per heavy atom. The van der Waals surface area contributed by atoms with Crippen LogP contribution >= 0.6 is 0 Å². The molecule has 0 heterocycles. The summed E-state index contributed by atoms with van der Waals surface area (Å²) in [5.41, 5.74) is 0. The third-order valence-electron chi connectivity index (χ3n) is 1.43. The van der Waals surface area contributed by atoms with Crippen molar-refractivity contribution in [1.82, 2.24) is 10.2 Å². The summed E-state index contributed by atoms with van der Waals surface area (Å²) in [6, 6.07) is 0. The predicted octanol–water partition coefficient (Wildman–Crippen LogP) is -0.230. The Morgan fingerprint density at radius 1 is 1.64 bits per heavy atom. The Bertz CT molecular complexity index is 125. The quantitative estimate of drug-likeness (QED) is 0.456. The van der Waals surface area contributed by atoms with E-state index in [0.29, 0.717) is 0 Å². The monoisotopic (exact) mass is 159 g/mol. The van der Waals surface area contributed by atoms with Crippen LogP contribution in [0, 0.1) is 0 Å². The number of hydrogen-bond donors (Lipinski definition) is 1. The summed E-state index contributed by atoms with van der Waals surface area (Å²) in [5.74, 6) is 0.877. The van der Waals surface area contributed by atoms with E-state index in [1.54, 1.807) is 14.2 Å². The van der Waals surface area contributed by atoms with E-state index in [4.69, 9.17) is 4.74 Å². The van der Waals surface area contributed by atoms with E-state index in [0.717, 1.165) is 19.1 Å². The summed E-state index contributed by atoms with van der Waals surface area (Å²) in [5, 5.41) is 2.98. The SMILES string of the molecule is CN=C(NC)N(C)CCOC. The van der Waals surface area contributed by atoms with E-state index >= 15 is 0 Å². The van der Waals surface area contributed by atoms with E-state index in [1.807, 2.05) is 19.0 Å². The number of ether oxygens (including phenoxy) is 1. The number of rotatable bonds is 3. The van der Waals surface area contributed by atoms with Crippen LogP contribution in [0.25, 0.3) is 0 Å². The summed E-state index contributed by atoms with van der Waals surface area (Å²) in [6.07, 6.45) is 0. The minimum Gasteiger partial charge on any atom is -0.383 e. The first-order valence-corrected chi connectivity index (χ1v) is 3.60. The second kappa shape index (κ2) is 5.97. The van der Waals surface area contributed by atoms with E-state index in [-0.39, 0.29) is 0 Å². The highest BCUT2D eigenvalue weighted by Gasteiger charge is 2.00. The van der Waals surface area contributed by atoms with Crippen molar-refractivity contribution in [2.24, 2.45) is 4.99 Å². The Morgan fingerprint density at radius 2 is 2.27 bits per heavy atom. The van der Waals surface area contributed by atoms with Gasteiger partial charge in [-0.2, -0.15) is 0 Å². The van der Waals surface area contributed by atoms with Gasteiger partial charge in [-0.3, -0.25) is 4.99 Å². The fourth-order valence-corrected chi connectivity index (χ4v) is 0.807. The molecule has 0 atom stereocenters. The van der Waals surface area contributed by atoms with E-state index in [1.165, 1.54) is 0 Å². The molecule has 0 aromatic carbocycles. The van der Waals surface area contributed by atoms with Crippen molar-refractivity contribution >= 4 is 5.96 Å². The molecule has 0 aliphatic carbocycles. The fraction of sp³-hybridized carbons (Fsp3) is 0.857. The highest BCUT2D eigenvalue weighted by molar-refractivity contribution is 5.79. The molecule has 0 spiro atoms. The molecule has 66 valence electrons. The molecule has 1 N–H and O–H groups in total. The van der Waals surface area contributed by atoms with Crippen molar-refractivity contribution in [3.63, 3.8) is 0 Å². The lowest BCUT2D eigenvalue weighted by atomic mass is 10.6. The van der Waals surface area contributed by atoms with Crippen LogP contribution in [0.4, 0.5) is 0 Å². The number of methoxy groups -OCH3 is 1. The van der Waals surface area contributed by atoms with Crippen molar-refractivity contribution in [3.05, 3.63) is 0 Å². The van der Waals surface area contributed by atoms with E-state index < -0.39 is 0 Å². The van der Waals surface area contributed by atoms with Crippen LogP contribution in [0.3, 0.4) is 0 Å². The molecule has 0 aliphatic heterocycles. The molecular weight excluding hydrogens is 142 g/mol. The molecule has 0 aliphatic rings. The van der Waals surface area contributed by atoms with Gasteiger partial charge >= 0.3 is 0 Å². The summed E-state index contributed by atoms with van der Waals surface area (Å²) < 4.78 is 4.93. The van der Waals surface area contributed by atoms with Crippen LogP contribution in [0.5, 0.6) is 0 Å². The molecule has 4 nitrogen and oxygen atoms in total. The maximum Gasteiger partial charge on any atom is 0.193 e. The lowest BCUT2D eigenvalue weighted by Gasteiger charge is -2.19. The molecule has 0 bridgehead atoms. The number of hydrogen-bond acceptors (Lipinski definition) is 2. The maximum absolute atomic E-state index is 4.93. The van der Waals surface area contributed by atoms with Crippen LogP contribution in [0.2, 0.25) is 0 Å². The van der Waals surface area contributed by atoms with E-state index in [2.05, 4.69) is 10.3 Å². The molecule has 4 heteroatoms. The summed E-state index contributed by atoms with van der Waals surface area (Å²) >= 11 is 0. The maximum atomic E-state index is 4.93. The fourth-order valence-electron chi connectivity index (χ4n) is 0.807. The van der Waals surface area contributed by atoms with Gasteiger partial charge in [-0.05, 0) is 0 Å². The lowest BCUT2D eigenvalue weighted by molar-refractivity contribution is 0.182. The third kappa shape index (κ3) is 3.83. The molecule has 0 amide bonds. The minimum absolute atomic E-state index is 0.719. The molecular formula is C7H17N3O. The molecule has 0 aromatic rings. The smallest absolute Gasteiger partial charge is 0.193 e. The van der Waals surface area contributed by atoms with Crippen LogP contribution in [0.1, 0.15) is 0 Å². The molecule has 0 saturated carbocycles. The molecule has 0 unspecified atom stereocenters. The van der Waals surface area contributed by atoms with E-state index in [9.17, 15) is 0 Å². The van der Waals surface area contributed by atoms with Crippen LogP contribution < -0.4 is 5.32 Å². The standard InChI is InChI=1S/C7H17N3O/c1-8-7(9-2)10(3)5-6-11-4/h5-6H2,1-4H3,(H,8,9). The van der Waals surface area contributed by atoms with Gasteiger partial charge in [0.05, 0.1) is 6.61 Å². The average molecular weight is 159 g/mol. The molecule has 0 fully saturated rings. The highest BCUT2D eigenvalue weighted by atomic mass is 16.5. The zero-order valence-electron chi connectivity index (χ0n) is 7.72.